The zero-order chi connectivity index (χ0) is 22.0. The minimum Gasteiger partial charge on any atom is -0.493 e. The van der Waals surface area contributed by atoms with Crippen LogP contribution >= 0.6 is 0 Å². The van der Waals surface area contributed by atoms with Crippen LogP contribution in [-0.4, -0.2) is 39.1 Å². The number of hydrogen-bond acceptors (Lipinski definition) is 5. The molecule has 160 valence electrons. The lowest BCUT2D eigenvalue weighted by Gasteiger charge is -2.17. The van der Waals surface area contributed by atoms with E-state index in [-0.39, 0.29) is 18.7 Å². The van der Waals surface area contributed by atoms with Gasteiger partial charge in [0.05, 0.1) is 30.3 Å². The van der Waals surface area contributed by atoms with Crippen LogP contribution < -0.4 is 15.0 Å². The third kappa shape index (κ3) is 4.04. The highest BCUT2D eigenvalue weighted by molar-refractivity contribution is 5.80. The Labute approximate surface area is 179 Å². The molecule has 2 aromatic heterocycles. The van der Waals surface area contributed by atoms with Gasteiger partial charge in [-0.1, -0.05) is 30.4 Å². The molecule has 0 saturated carbocycles. The summed E-state index contributed by atoms with van der Waals surface area (Å²) in [5.74, 6) is 1.12. The Hall–Kier alpha value is -3.58. The highest BCUT2D eigenvalue weighted by Crippen LogP contribution is 2.28. The SMILES string of the molecule is CC=Cc1ccc(OCC(O)Cn2c(=O)c3ccccc3n3nc(C)cc23)c(OC)c1. The highest BCUT2D eigenvalue weighted by atomic mass is 16.5. The van der Waals surface area contributed by atoms with Gasteiger partial charge in [0.25, 0.3) is 5.56 Å². The molecule has 0 aliphatic rings. The van der Waals surface area contributed by atoms with Crippen LogP contribution in [0.5, 0.6) is 11.5 Å². The van der Waals surface area contributed by atoms with Crippen LogP contribution in [0.3, 0.4) is 0 Å². The van der Waals surface area contributed by atoms with E-state index in [4.69, 9.17) is 9.47 Å². The molecule has 0 amide bonds. The first kappa shape index (κ1) is 20.7. The van der Waals surface area contributed by atoms with Gasteiger partial charge in [-0.2, -0.15) is 5.10 Å². The minimum atomic E-state index is -0.905. The second-order valence-corrected chi connectivity index (χ2v) is 7.36. The van der Waals surface area contributed by atoms with Gasteiger partial charge in [0.2, 0.25) is 0 Å². The maximum atomic E-state index is 13.1. The molecular weight excluding hydrogens is 394 g/mol. The molecule has 4 aromatic rings. The number of nitrogens with zero attached hydrogens (tertiary/aromatic N) is 3. The fourth-order valence-corrected chi connectivity index (χ4v) is 3.67. The normalized spacial score (nSPS) is 12.6. The van der Waals surface area contributed by atoms with E-state index in [1.807, 2.05) is 68.5 Å². The minimum absolute atomic E-state index is 0.0118. The van der Waals surface area contributed by atoms with Crippen molar-refractivity contribution in [3.8, 4) is 11.5 Å². The number of methoxy groups -OCH3 is 1. The molecule has 0 spiro atoms. The Morgan fingerprint density at radius 2 is 1.97 bits per heavy atom. The van der Waals surface area contributed by atoms with E-state index < -0.39 is 6.10 Å². The van der Waals surface area contributed by atoms with Gasteiger partial charge in [-0.05, 0) is 43.7 Å². The molecule has 2 heterocycles. The van der Waals surface area contributed by atoms with Gasteiger partial charge < -0.3 is 14.6 Å². The fourth-order valence-electron chi connectivity index (χ4n) is 3.67. The summed E-state index contributed by atoms with van der Waals surface area (Å²) in [4.78, 5) is 13.1. The van der Waals surface area contributed by atoms with Crippen molar-refractivity contribution in [1.82, 2.24) is 14.2 Å². The van der Waals surface area contributed by atoms with Crippen LogP contribution in [-0.2, 0) is 6.54 Å². The summed E-state index contributed by atoms with van der Waals surface area (Å²) < 4.78 is 14.5. The number of aromatic nitrogens is 3. The number of ether oxygens (including phenoxy) is 2. The van der Waals surface area contributed by atoms with Gasteiger partial charge in [-0.15, -0.1) is 0 Å². The molecule has 1 unspecified atom stereocenters. The summed E-state index contributed by atoms with van der Waals surface area (Å²) in [6.45, 7) is 3.91. The third-order valence-corrected chi connectivity index (χ3v) is 5.07. The number of aliphatic hydroxyl groups is 1. The summed E-state index contributed by atoms with van der Waals surface area (Å²) in [7, 11) is 1.57. The van der Waals surface area contributed by atoms with Crippen LogP contribution in [0.25, 0.3) is 22.6 Å². The molecule has 1 N–H and O–H groups in total. The molecule has 0 aliphatic carbocycles. The highest BCUT2D eigenvalue weighted by Gasteiger charge is 2.16. The van der Waals surface area contributed by atoms with E-state index in [2.05, 4.69) is 5.10 Å². The van der Waals surface area contributed by atoms with Crippen molar-refractivity contribution < 1.29 is 14.6 Å². The maximum absolute atomic E-state index is 13.1. The average molecular weight is 419 g/mol. The van der Waals surface area contributed by atoms with E-state index in [0.29, 0.717) is 22.5 Å². The first-order valence-electron chi connectivity index (χ1n) is 10.1. The zero-order valence-electron chi connectivity index (χ0n) is 17.8. The van der Waals surface area contributed by atoms with Gasteiger partial charge in [0.1, 0.15) is 18.4 Å². The number of hydrogen-bond donors (Lipinski definition) is 1. The number of para-hydroxylation sites is 1. The largest absolute Gasteiger partial charge is 0.493 e. The molecule has 7 heteroatoms. The molecule has 0 bridgehead atoms. The van der Waals surface area contributed by atoms with Crippen molar-refractivity contribution in [2.24, 2.45) is 0 Å². The first-order chi connectivity index (χ1) is 15.0. The summed E-state index contributed by atoms with van der Waals surface area (Å²) in [5.41, 5.74) is 2.99. The fraction of sp³-hybridized carbons (Fsp3) is 0.250. The molecular formula is C24H25N3O4. The molecule has 31 heavy (non-hydrogen) atoms. The molecule has 0 radical (unpaired) electrons. The maximum Gasteiger partial charge on any atom is 0.261 e. The van der Waals surface area contributed by atoms with E-state index in [1.54, 1.807) is 22.3 Å². The van der Waals surface area contributed by atoms with Crippen LogP contribution in [0.4, 0.5) is 0 Å². The van der Waals surface area contributed by atoms with E-state index >= 15 is 0 Å². The van der Waals surface area contributed by atoms with Gasteiger partial charge in [0, 0.05) is 6.07 Å². The summed E-state index contributed by atoms with van der Waals surface area (Å²) >= 11 is 0. The topological polar surface area (TPSA) is 78.0 Å². The second kappa shape index (κ2) is 8.65. The molecule has 7 nitrogen and oxygen atoms in total. The van der Waals surface area contributed by atoms with Crippen molar-refractivity contribution in [3.05, 3.63) is 76.2 Å². The van der Waals surface area contributed by atoms with Gasteiger partial charge in [-0.25, -0.2) is 4.52 Å². The predicted octanol–water partition coefficient (Wildman–Crippen LogP) is 3.44. The average Bonchev–Trinajstić information content (AvgIpc) is 3.17. The smallest absolute Gasteiger partial charge is 0.261 e. The number of benzene rings is 2. The van der Waals surface area contributed by atoms with Crippen molar-refractivity contribution in [2.75, 3.05) is 13.7 Å². The third-order valence-electron chi connectivity index (χ3n) is 5.07. The molecule has 0 saturated heterocycles. The van der Waals surface area contributed by atoms with Crippen LogP contribution in [0.2, 0.25) is 0 Å². The quantitative estimate of drug-likeness (QED) is 0.497. The number of rotatable bonds is 7. The second-order valence-electron chi connectivity index (χ2n) is 7.36. The lowest BCUT2D eigenvalue weighted by Crippen LogP contribution is -2.31. The molecule has 4 rings (SSSR count). The van der Waals surface area contributed by atoms with E-state index in [9.17, 15) is 9.90 Å². The zero-order valence-corrected chi connectivity index (χ0v) is 17.8. The molecule has 2 aromatic carbocycles. The summed E-state index contributed by atoms with van der Waals surface area (Å²) in [6.07, 6.45) is 3.00. The molecule has 1 atom stereocenters. The van der Waals surface area contributed by atoms with E-state index in [0.717, 1.165) is 16.8 Å². The van der Waals surface area contributed by atoms with Crippen LogP contribution in [0, 0.1) is 6.92 Å². The van der Waals surface area contributed by atoms with Crippen molar-refractivity contribution in [1.29, 1.82) is 0 Å². The van der Waals surface area contributed by atoms with Gasteiger partial charge in [0.15, 0.2) is 11.5 Å². The van der Waals surface area contributed by atoms with Crippen LogP contribution in [0.15, 0.2) is 59.4 Å². The van der Waals surface area contributed by atoms with Gasteiger partial charge in [-0.3, -0.25) is 9.36 Å². The Morgan fingerprint density at radius 1 is 1.16 bits per heavy atom. The van der Waals surface area contributed by atoms with Crippen molar-refractivity contribution in [2.45, 2.75) is 26.5 Å². The van der Waals surface area contributed by atoms with Gasteiger partial charge >= 0.3 is 0 Å². The predicted molar refractivity (Wildman–Crippen MR) is 121 cm³/mol. The van der Waals surface area contributed by atoms with Crippen LogP contribution in [0.1, 0.15) is 18.2 Å². The number of allylic oxidation sites excluding steroid dienone is 1. The lowest BCUT2D eigenvalue weighted by molar-refractivity contribution is 0.0910. The number of aryl methyl sites for hydroxylation is 1. The summed E-state index contributed by atoms with van der Waals surface area (Å²) in [5, 5.41) is 15.7. The van der Waals surface area contributed by atoms with E-state index in [1.165, 1.54) is 0 Å². The lowest BCUT2D eigenvalue weighted by atomic mass is 10.2. The Bertz CT molecular complexity index is 1320. The monoisotopic (exact) mass is 419 g/mol. The Balaban J connectivity index is 1.60. The van der Waals surface area contributed by atoms with Crippen molar-refractivity contribution in [3.63, 3.8) is 0 Å². The molecule has 0 aliphatic heterocycles. The number of aliphatic hydroxyl groups excluding tert-OH is 1. The van der Waals surface area contributed by atoms with Crippen molar-refractivity contribution >= 4 is 22.6 Å². The Kier molecular flexibility index (Phi) is 5.77. The first-order valence-corrected chi connectivity index (χ1v) is 10.1. The Morgan fingerprint density at radius 3 is 2.74 bits per heavy atom. The molecule has 0 fully saturated rings. The number of fused-ring (bicyclic) bond motifs is 3. The summed E-state index contributed by atoms with van der Waals surface area (Å²) in [6, 6.07) is 14.8. The standard InChI is InChI=1S/C24H25N3O4/c1-4-7-17-10-11-21(22(13-17)30-3)31-15-18(28)14-26-23-12-16(2)25-27(23)20-9-6-5-8-19(20)24(26)29/h4-13,18,28H,14-15H2,1-3H3.